The molecule has 0 aromatic heterocycles. The number of hydrogen-bond acceptors (Lipinski definition) is 4. The zero-order chi connectivity index (χ0) is 15.8. The minimum Gasteiger partial charge on any atom is -0.387 e. The van der Waals surface area contributed by atoms with Crippen molar-refractivity contribution >= 4 is 10.0 Å². The van der Waals surface area contributed by atoms with Crippen LogP contribution in [0.25, 0.3) is 0 Å². The molecule has 1 aliphatic heterocycles. The lowest BCUT2D eigenvalue weighted by Crippen LogP contribution is -2.43. The number of benzene rings is 1. The Hall–Kier alpha value is -1.09. The molecule has 0 unspecified atom stereocenters. The van der Waals surface area contributed by atoms with E-state index in [0.29, 0.717) is 19.0 Å². The monoisotopic (exact) mass is 320 g/mol. The summed E-state index contributed by atoms with van der Waals surface area (Å²) in [5.41, 5.74) is -1.13. The van der Waals surface area contributed by atoms with Crippen molar-refractivity contribution in [3.05, 3.63) is 29.8 Å². The second-order valence-corrected chi connectivity index (χ2v) is 7.56. The molecule has 1 aromatic rings. The van der Waals surface area contributed by atoms with Crippen LogP contribution in [-0.4, -0.2) is 62.1 Å². The van der Waals surface area contributed by atoms with E-state index in [1.165, 1.54) is 0 Å². The van der Waals surface area contributed by atoms with Gasteiger partial charge < -0.3 is 10.0 Å². The third kappa shape index (κ3) is 3.39. The largest absolute Gasteiger partial charge is 0.387 e. The van der Waals surface area contributed by atoms with Crippen molar-refractivity contribution in [1.82, 2.24) is 9.21 Å². The fourth-order valence-electron chi connectivity index (χ4n) is 2.53. The molecule has 21 heavy (non-hydrogen) atoms. The van der Waals surface area contributed by atoms with E-state index < -0.39 is 27.3 Å². The minimum absolute atomic E-state index is 0.0630. The van der Waals surface area contributed by atoms with Gasteiger partial charge >= 0.3 is 0 Å². The molecule has 1 fully saturated rings. The topological polar surface area (TPSA) is 60.9 Å². The molecule has 0 amide bonds. The van der Waals surface area contributed by atoms with E-state index in [9.17, 15) is 22.3 Å². The van der Waals surface area contributed by atoms with Crippen LogP contribution in [0.4, 0.5) is 8.78 Å². The average molecular weight is 320 g/mol. The maximum absolute atomic E-state index is 13.2. The average Bonchev–Trinajstić information content (AvgIpc) is 2.74. The number of rotatable bonds is 4. The van der Waals surface area contributed by atoms with Gasteiger partial charge in [0.1, 0.15) is 0 Å². The maximum Gasteiger partial charge on any atom is 0.243 e. The first kappa shape index (κ1) is 16.3. The van der Waals surface area contributed by atoms with Crippen molar-refractivity contribution in [1.29, 1.82) is 0 Å². The normalized spacial score (nSPS) is 23.9. The molecule has 1 aliphatic rings. The van der Waals surface area contributed by atoms with Gasteiger partial charge in [-0.3, -0.25) is 0 Å². The van der Waals surface area contributed by atoms with Crippen LogP contribution >= 0.6 is 0 Å². The smallest absolute Gasteiger partial charge is 0.243 e. The van der Waals surface area contributed by atoms with Gasteiger partial charge in [-0.2, -0.15) is 4.31 Å². The summed E-state index contributed by atoms with van der Waals surface area (Å²) in [4.78, 5) is 1.46. The quantitative estimate of drug-likeness (QED) is 0.885. The number of halogens is 2. The third-order valence-electron chi connectivity index (χ3n) is 3.44. The Morgan fingerprint density at radius 3 is 2.57 bits per heavy atom. The van der Waals surface area contributed by atoms with Gasteiger partial charge in [0.25, 0.3) is 0 Å². The van der Waals surface area contributed by atoms with Crippen molar-refractivity contribution in [2.45, 2.75) is 16.9 Å². The Kier molecular flexibility index (Phi) is 4.34. The van der Waals surface area contributed by atoms with Crippen LogP contribution < -0.4 is 0 Å². The molecular weight excluding hydrogens is 302 g/mol. The molecule has 2 rings (SSSR count). The highest BCUT2D eigenvalue weighted by Crippen LogP contribution is 2.28. The molecule has 1 heterocycles. The summed E-state index contributed by atoms with van der Waals surface area (Å²) in [6, 6.07) is 2.47. The lowest BCUT2D eigenvalue weighted by atomic mass is 10.0. The van der Waals surface area contributed by atoms with Gasteiger partial charge in [-0.15, -0.1) is 0 Å². The van der Waals surface area contributed by atoms with Crippen LogP contribution in [0.15, 0.2) is 23.1 Å². The number of sulfonamides is 1. The molecule has 5 nitrogen and oxygen atoms in total. The highest BCUT2D eigenvalue weighted by molar-refractivity contribution is 7.89. The number of β-amino-alcohol motifs (C(OH)–C–C–N with tert-alkyl or cyclic N) is 1. The summed E-state index contributed by atoms with van der Waals surface area (Å²) in [6.07, 6.45) is 0.300. The van der Waals surface area contributed by atoms with Gasteiger partial charge in [0.15, 0.2) is 11.6 Å². The zero-order valence-corrected chi connectivity index (χ0v) is 12.7. The Labute approximate surface area is 122 Å². The predicted molar refractivity (Wildman–Crippen MR) is 73.2 cm³/mol. The second kappa shape index (κ2) is 5.60. The lowest BCUT2D eigenvalue weighted by Gasteiger charge is -2.26. The van der Waals surface area contributed by atoms with Gasteiger partial charge in [0, 0.05) is 19.6 Å². The molecule has 0 bridgehead atoms. The number of likely N-dealkylation sites (N-methyl/N-ethyl adjacent to an activating group) is 1. The Morgan fingerprint density at radius 2 is 2.00 bits per heavy atom. The Morgan fingerprint density at radius 1 is 1.33 bits per heavy atom. The van der Waals surface area contributed by atoms with E-state index >= 15 is 0 Å². The van der Waals surface area contributed by atoms with Crippen LogP contribution in [0.2, 0.25) is 0 Å². The molecular formula is C13H18F2N2O3S. The zero-order valence-electron chi connectivity index (χ0n) is 11.9. The summed E-state index contributed by atoms with van der Waals surface area (Å²) < 4.78 is 52.0. The van der Waals surface area contributed by atoms with Gasteiger partial charge in [-0.05, 0) is 38.7 Å². The fourth-order valence-corrected chi connectivity index (χ4v) is 4.06. The first-order valence-corrected chi connectivity index (χ1v) is 7.90. The van der Waals surface area contributed by atoms with E-state index in [1.54, 1.807) is 19.0 Å². The summed E-state index contributed by atoms with van der Waals surface area (Å²) >= 11 is 0. The highest BCUT2D eigenvalue weighted by atomic mass is 32.2. The Balaban J connectivity index is 2.23. The van der Waals surface area contributed by atoms with Crippen molar-refractivity contribution in [2.24, 2.45) is 0 Å². The van der Waals surface area contributed by atoms with E-state index in [-0.39, 0.29) is 18.0 Å². The van der Waals surface area contributed by atoms with Gasteiger partial charge in [-0.1, -0.05) is 0 Å². The van der Waals surface area contributed by atoms with E-state index in [4.69, 9.17) is 0 Å². The standard InChI is InChI=1S/C13H18F2N2O3S/c1-16(2)8-13(18)5-6-17(9-13)21(19,20)10-3-4-11(14)12(15)7-10/h3-4,7,18H,5-6,8-9H2,1-2H3/t13-/m1/s1. The molecule has 1 aromatic carbocycles. The van der Waals surface area contributed by atoms with Crippen molar-refractivity contribution in [2.75, 3.05) is 33.7 Å². The first-order valence-electron chi connectivity index (χ1n) is 6.46. The van der Waals surface area contributed by atoms with Crippen LogP contribution in [0, 0.1) is 11.6 Å². The van der Waals surface area contributed by atoms with Crippen molar-refractivity contribution in [3.63, 3.8) is 0 Å². The van der Waals surface area contributed by atoms with Crippen molar-refractivity contribution in [3.8, 4) is 0 Å². The maximum atomic E-state index is 13.2. The SMILES string of the molecule is CN(C)C[C@]1(O)CCN(S(=O)(=O)c2ccc(F)c(F)c2)C1. The van der Waals surface area contributed by atoms with Gasteiger partial charge in [-0.25, -0.2) is 17.2 Å². The minimum atomic E-state index is -3.94. The van der Waals surface area contributed by atoms with Crippen molar-refractivity contribution < 1.29 is 22.3 Å². The van der Waals surface area contributed by atoms with Crippen LogP contribution in [0.5, 0.6) is 0 Å². The van der Waals surface area contributed by atoms with Crippen LogP contribution in [0.3, 0.4) is 0 Å². The lowest BCUT2D eigenvalue weighted by molar-refractivity contribution is 0.0302. The Bertz CT molecular complexity index is 636. The number of nitrogens with zero attached hydrogens (tertiary/aromatic N) is 2. The number of aliphatic hydroxyl groups is 1. The summed E-state index contributed by atoms with van der Waals surface area (Å²) in [5.74, 6) is -2.31. The van der Waals surface area contributed by atoms with E-state index in [1.807, 2.05) is 0 Å². The second-order valence-electron chi connectivity index (χ2n) is 5.63. The molecule has 0 radical (unpaired) electrons. The summed E-state index contributed by atoms with van der Waals surface area (Å²) in [5, 5.41) is 10.4. The molecule has 1 atom stereocenters. The van der Waals surface area contributed by atoms with Gasteiger partial charge in [0.05, 0.1) is 10.5 Å². The third-order valence-corrected chi connectivity index (χ3v) is 5.28. The predicted octanol–water partition coefficient (Wildman–Crippen LogP) is 0.652. The highest BCUT2D eigenvalue weighted by Gasteiger charge is 2.42. The first-order chi connectivity index (χ1) is 9.64. The molecule has 1 N–H and O–H groups in total. The fraction of sp³-hybridized carbons (Fsp3) is 0.538. The van der Waals surface area contributed by atoms with E-state index in [0.717, 1.165) is 16.4 Å². The van der Waals surface area contributed by atoms with Crippen LogP contribution in [0.1, 0.15) is 6.42 Å². The van der Waals surface area contributed by atoms with E-state index in [2.05, 4.69) is 0 Å². The molecule has 8 heteroatoms. The summed E-state index contributed by atoms with van der Waals surface area (Å²) in [6.45, 7) is 0.412. The molecule has 0 spiro atoms. The van der Waals surface area contributed by atoms with Gasteiger partial charge in [0.2, 0.25) is 10.0 Å². The molecule has 1 saturated heterocycles. The number of hydrogen-bond donors (Lipinski definition) is 1. The van der Waals surface area contributed by atoms with Crippen LogP contribution in [-0.2, 0) is 10.0 Å². The molecule has 118 valence electrons. The molecule has 0 saturated carbocycles. The molecule has 0 aliphatic carbocycles. The summed E-state index contributed by atoms with van der Waals surface area (Å²) in [7, 11) is -0.372.